The molecule has 3 fully saturated rings. The zero-order chi connectivity index (χ0) is 23.8. The van der Waals surface area contributed by atoms with Gasteiger partial charge in [0, 0.05) is 19.6 Å². The molecule has 0 aromatic carbocycles. The number of carbonyl (C=O) groups excluding carboxylic acids is 1. The lowest BCUT2D eigenvalue weighted by atomic mass is 9.68. The van der Waals surface area contributed by atoms with Crippen LogP contribution < -0.4 is 5.32 Å². The average molecular weight is 463 g/mol. The Morgan fingerprint density at radius 2 is 2.18 bits per heavy atom. The molecule has 2 aliphatic heterocycles. The van der Waals surface area contributed by atoms with Gasteiger partial charge in [-0.2, -0.15) is 5.10 Å². The molecule has 1 aromatic rings. The number of alkyl carbamates (subject to hydrolysis) is 1. The van der Waals surface area contributed by atoms with Crippen LogP contribution in [0.2, 0.25) is 0 Å². The van der Waals surface area contributed by atoms with Gasteiger partial charge in [-0.3, -0.25) is 5.10 Å². The SMILES string of the molecule is CO[C@H]1C([C@@]2(C)O[C@@H]2CC=C(C)C)[C@]2(CC[C@H]1OC(=O)N[C@H](Cc1ncn[nH]1)C(C)C)CO2. The number of ether oxygens (including phenoxy) is 4. The van der Waals surface area contributed by atoms with E-state index in [9.17, 15) is 4.79 Å². The fraction of sp³-hybridized carbons (Fsp3) is 0.792. The molecule has 2 N–H and O–H groups in total. The number of epoxide rings is 2. The number of allylic oxidation sites excluding steroid dienone is 1. The number of aromatic nitrogens is 3. The molecule has 1 amide bonds. The minimum absolute atomic E-state index is 0.00667. The van der Waals surface area contributed by atoms with Gasteiger partial charge in [-0.15, -0.1) is 0 Å². The molecule has 1 unspecified atom stereocenters. The van der Waals surface area contributed by atoms with Gasteiger partial charge in [0.25, 0.3) is 0 Å². The van der Waals surface area contributed by atoms with Crippen LogP contribution in [0.3, 0.4) is 0 Å². The molecule has 4 rings (SSSR count). The Bertz CT molecular complexity index is 849. The third-order valence-corrected chi connectivity index (χ3v) is 7.48. The van der Waals surface area contributed by atoms with Crippen molar-refractivity contribution in [3.8, 4) is 0 Å². The maximum atomic E-state index is 12.9. The summed E-state index contributed by atoms with van der Waals surface area (Å²) < 4.78 is 24.1. The van der Waals surface area contributed by atoms with Crippen LogP contribution >= 0.6 is 0 Å². The lowest BCUT2D eigenvalue weighted by Gasteiger charge is -2.42. The first kappa shape index (κ1) is 24.2. The Kier molecular flexibility index (Phi) is 6.85. The van der Waals surface area contributed by atoms with Gasteiger partial charge in [0.05, 0.1) is 18.6 Å². The van der Waals surface area contributed by atoms with Crippen molar-refractivity contribution in [2.45, 2.75) is 95.9 Å². The normalized spacial score (nSPS) is 35.8. The Morgan fingerprint density at radius 1 is 1.42 bits per heavy atom. The summed E-state index contributed by atoms with van der Waals surface area (Å²) in [5.41, 5.74) is 0.687. The van der Waals surface area contributed by atoms with Crippen molar-refractivity contribution in [2.24, 2.45) is 11.8 Å². The van der Waals surface area contributed by atoms with E-state index < -0.39 is 6.09 Å². The van der Waals surface area contributed by atoms with E-state index in [1.54, 1.807) is 7.11 Å². The first-order valence-corrected chi connectivity index (χ1v) is 12.0. The second-order valence-electron chi connectivity index (χ2n) is 10.5. The zero-order valence-corrected chi connectivity index (χ0v) is 20.6. The summed E-state index contributed by atoms with van der Waals surface area (Å²) in [6, 6.07) is -0.123. The molecule has 9 nitrogen and oxygen atoms in total. The molecule has 3 heterocycles. The van der Waals surface area contributed by atoms with Crippen molar-refractivity contribution in [2.75, 3.05) is 13.7 Å². The number of amides is 1. The molecule has 1 aliphatic carbocycles. The summed E-state index contributed by atoms with van der Waals surface area (Å²) in [5.74, 6) is 0.945. The van der Waals surface area contributed by atoms with Gasteiger partial charge in [-0.25, -0.2) is 9.78 Å². The van der Waals surface area contributed by atoms with Crippen molar-refractivity contribution < 1.29 is 23.7 Å². The predicted molar refractivity (Wildman–Crippen MR) is 122 cm³/mol. The van der Waals surface area contributed by atoms with Crippen molar-refractivity contribution >= 4 is 6.09 Å². The van der Waals surface area contributed by atoms with E-state index in [0.29, 0.717) is 19.4 Å². The Balaban J connectivity index is 1.42. The number of hydrogen-bond acceptors (Lipinski definition) is 7. The highest BCUT2D eigenvalue weighted by Crippen LogP contribution is 2.59. The summed E-state index contributed by atoms with van der Waals surface area (Å²) in [6.07, 6.45) is 5.67. The Morgan fingerprint density at radius 3 is 2.76 bits per heavy atom. The van der Waals surface area contributed by atoms with Gasteiger partial charge >= 0.3 is 6.09 Å². The number of aromatic amines is 1. The number of hydrogen-bond donors (Lipinski definition) is 2. The second kappa shape index (κ2) is 9.35. The molecule has 1 saturated carbocycles. The third-order valence-electron chi connectivity index (χ3n) is 7.48. The van der Waals surface area contributed by atoms with E-state index in [0.717, 1.165) is 18.7 Å². The van der Waals surface area contributed by atoms with Crippen LogP contribution in [0.4, 0.5) is 4.79 Å². The molecule has 0 bridgehead atoms. The molecule has 3 aliphatic rings. The lowest BCUT2D eigenvalue weighted by Crippen LogP contribution is -2.56. The van der Waals surface area contributed by atoms with Crippen LogP contribution in [0.1, 0.15) is 59.7 Å². The van der Waals surface area contributed by atoms with Gasteiger partial charge in [0.1, 0.15) is 35.6 Å². The van der Waals surface area contributed by atoms with Crippen LogP contribution in [0, 0.1) is 11.8 Å². The minimum atomic E-state index is -0.436. The highest BCUT2D eigenvalue weighted by atomic mass is 16.6. The zero-order valence-electron chi connectivity index (χ0n) is 20.6. The maximum Gasteiger partial charge on any atom is 0.407 e. The van der Waals surface area contributed by atoms with Crippen molar-refractivity contribution in [1.29, 1.82) is 0 Å². The summed E-state index contributed by atoms with van der Waals surface area (Å²) in [4.78, 5) is 17.1. The molecule has 0 radical (unpaired) electrons. The number of methoxy groups -OCH3 is 1. The number of nitrogens with one attached hydrogen (secondary N) is 2. The van der Waals surface area contributed by atoms with Crippen LogP contribution in [0.15, 0.2) is 18.0 Å². The minimum Gasteiger partial charge on any atom is -0.443 e. The molecule has 1 spiro atoms. The molecule has 184 valence electrons. The van der Waals surface area contributed by atoms with E-state index in [4.69, 9.17) is 18.9 Å². The monoisotopic (exact) mass is 462 g/mol. The first-order chi connectivity index (χ1) is 15.7. The van der Waals surface area contributed by atoms with E-state index in [1.165, 1.54) is 11.9 Å². The van der Waals surface area contributed by atoms with E-state index in [2.05, 4.69) is 61.2 Å². The highest BCUT2D eigenvalue weighted by molar-refractivity contribution is 5.68. The van der Waals surface area contributed by atoms with E-state index >= 15 is 0 Å². The first-order valence-electron chi connectivity index (χ1n) is 12.0. The fourth-order valence-corrected chi connectivity index (χ4v) is 5.38. The van der Waals surface area contributed by atoms with Gasteiger partial charge in [-0.05, 0) is 46.0 Å². The second-order valence-corrected chi connectivity index (χ2v) is 10.5. The number of H-pyrrole nitrogens is 1. The van der Waals surface area contributed by atoms with Crippen LogP contribution in [0.5, 0.6) is 0 Å². The van der Waals surface area contributed by atoms with E-state index in [1.807, 2.05) is 0 Å². The third kappa shape index (κ3) is 5.10. The summed E-state index contributed by atoms with van der Waals surface area (Å²) in [7, 11) is 1.69. The highest BCUT2D eigenvalue weighted by Gasteiger charge is 2.72. The summed E-state index contributed by atoms with van der Waals surface area (Å²) >= 11 is 0. The fourth-order valence-electron chi connectivity index (χ4n) is 5.38. The van der Waals surface area contributed by atoms with Crippen molar-refractivity contribution in [1.82, 2.24) is 20.5 Å². The smallest absolute Gasteiger partial charge is 0.407 e. The molecular formula is C24H38N4O5. The van der Waals surface area contributed by atoms with Gasteiger partial charge < -0.3 is 24.3 Å². The topological polar surface area (TPSA) is 114 Å². The largest absolute Gasteiger partial charge is 0.443 e. The van der Waals surface area contributed by atoms with Crippen LogP contribution in [0.25, 0.3) is 0 Å². The maximum absolute atomic E-state index is 12.9. The van der Waals surface area contributed by atoms with Gasteiger partial charge in [0.15, 0.2) is 0 Å². The molecule has 1 aromatic heterocycles. The van der Waals surface area contributed by atoms with E-state index in [-0.39, 0.29) is 47.4 Å². The van der Waals surface area contributed by atoms with Crippen LogP contribution in [-0.2, 0) is 25.4 Å². The Labute approximate surface area is 196 Å². The lowest BCUT2D eigenvalue weighted by molar-refractivity contribution is -0.118. The van der Waals surface area contributed by atoms with Crippen LogP contribution in [-0.4, -0.2) is 70.5 Å². The number of nitrogens with zero attached hydrogens (tertiary/aromatic N) is 2. The molecular weight excluding hydrogens is 424 g/mol. The number of rotatable bonds is 9. The summed E-state index contributed by atoms with van der Waals surface area (Å²) in [6.45, 7) is 11.2. The van der Waals surface area contributed by atoms with Gasteiger partial charge in [-0.1, -0.05) is 25.5 Å². The standard InChI is InChI=1S/C24H38N4O5/c1-14(2)7-8-18-23(5,33-18)21-20(30-6)17(9-10-24(21)12-31-24)32-22(29)27-16(15(3)4)11-19-25-13-26-28-19/h7,13,15-18,20-21H,8-12H2,1-6H3,(H,27,29)(H,25,26,28)/t16-,17-,18-,20-,21?,23+,24+/m1/s1. The van der Waals surface area contributed by atoms with Crippen molar-refractivity contribution in [3.63, 3.8) is 0 Å². The number of carbonyl (C=O) groups is 1. The van der Waals surface area contributed by atoms with Gasteiger partial charge in [0.2, 0.25) is 0 Å². The molecule has 7 atom stereocenters. The Hall–Kier alpha value is -1.97. The quantitative estimate of drug-likeness (QED) is 0.428. The summed E-state index contributed by atoms with van der Waals surface area (Å²) in [5, 5.41) is 9.76. The average Bonchev–Trinajstić information content (AvgIpc) is 3.60. The molecule has 2 saturated heterocycles. The predicted octanol–water partition coefficient (Wildman–Crippen LogP) is 3.17. The van der Waals surface area contributed by atoms with Crippen molar-refractivity contribution in [3.05, 3.63) is 23.8 Å². The molecule has 9 heteroatoms. The molecule has 33 heavy (non-hydrogen) atoms.